The lowest BCUT2D eigenvalue weighted by atomic mass is 10.2. The zero-order chi connectivity index (χ0) is 25.3. The molecule has 1 aliphatic heterocycles. The fourth-order valence-electron chi connectivity index (χ4n) is 3.11. The molecule has 1 amide bonds. The Balaban J connectivity index is 0.000000571. The van der Waals surface area contributed by atoms with Crippen molar-refractivity contribution in [2.75, 3.05) is 13.2 Å². The fraction of sp³-hybridized carbons (Fsp3) is 0.320. The largest absolute Gasteiger partial charge is 0.573 e. The highest BCUT2D eigenvalue weighted by Crippen LogP contribution is 2.28. The molecule has 4 rings (SSSR count). The van der Waals surface area contributed by atoms with Crippen LogP contribution in [0.2, 0.25) is 0 Å². The highest BCUT2D eigenvalue weighted by Gasteiger charge is 2.31. The van der Waals surface area contributed by atoms with Crippen molar-refractivity contribution in [2.24, 2.45) is 5.73 Å². The second-order valence-electron chi connectivity index (χ2n) is 7.45. The number of hydrogen-bond acceptors (Lipinski definition) is 7. The lowest BCUT2D eigenvalue weighted by Gasteiger charge is -2.10. The van der Waals surface area contributed by atoms with Crippen molar-refractivity contribution >= 4 is 5.91 Å². The first kappa shape index (κ1) is 28.5. The van der Waals surface area contributed by atoms with E-state index in [0.717, 1.165) is 24.9 Å². The van der Waals surface area contributed by atoms with Crippen LogP contribution < -0.4 is 20.5 Å². The van der Waals surface area contributed by atoms with Crippen LogP contribution in [0, 0.1) is 0 Å². The summed E-state index contributed by atoms with van der Waals surface area (Å²) >= 11 is 0. The molecule has 8 nitrogen and oxygen atoms in total. The van der Waals surface area contributed by atoms with Crippen molar-refractivity contribution in [1.29, 1.82) is 0 Å². The maximum Gasteiger partial charge on any atom is 0.573 e. The Hall–Kier alpha value is -3.70. The minimum atomic E-state index is -4.74. The Morgan fingerprint density at radius 2 is 1.56 bits per heavy atom. The van der Waals surface area contributed by atoms with Gasteiger partial charge in [0.1, 0.15) is 17.2 Å². The van der Waals surface area contributed by atoms with Gasteiger partial charge in [0, 0.05) is 43.8 Å². The van der Waals surface area contributed by atoms with Gasteiger partial charge >= 0.3 is 6.36 Å². The molecule has 3 aromatic rings. The first-order valence-electron chi connectivity index (χ1n) is 10.8. The maximum absolute atomic E-state index is 12.2. The molecule has 4 N–H and O–H groups in total. The Kier molecular flexibility index (Phi) is 10.6. The number of benzene rings is 2. The summed E-state index contributed by atoms with van der Waals surface area (Å²) in [6, 6.07) is 13.8. The van der Waals surface area contributed by atoms with E-state index in [1.807, 2.05) is 0 Å². The Morgan fingerprint density at radius 3 is 2.03 bits per heavy atom. The number of nitrogens with zero attached hydrogens (tertiary/aromatic N) is 2. The minimum absolute atomic E-state index is 0. The third-order valence-electron chi connectivity index (χ3n) is 4.72. The van der Waals surface area contributed by atoms with Crippen molar-refractivity contribution in [1.82, 2.24) is 15.3 Å². The number of halogens is 3. The molecule has 1 aliphatic rings. The standard InChI is InChI=1S/C20H18F3N3O3.C4H7NO.CH4/c21-20(22,23)29-18-7-5-17(6-8-18)28-16-3-1-13(2-4-16)19-25-14(9-10-27)11-15(12-24)26-19;6-4-2-1-3-5-4;/h1-8,11,27H,9-10,12,24H2;1-3H2,(H,5,6);1H4. The van der Waals surface area contributed by atoms with Crippen LogP contribution >= 0.6 is 0 Å². The highest BCUT2D eigenvalue weighted by molar-refractivity contribution is 5.77. The van der Waals surface area contributed by atoms with Gasteiger partial charge in [-0.05, 0) is 61.0 Å². The van der Waals surface area contributed by atoms with Crippen LogP contribution in [0.5, 0.6) is 17.2 Å². The summed E-state index contributed by atoms with van der Waals surface area (Å²) in [5, 5.41) is 11.8. The van der Waals surface area contributed by atoms with Crippen molar-refractivity contribution < 1.29 is 32.5 Å². The van der Waals surface area contributed by atoms with Gasteiger partial charge in [0.2, 0.25) is 5.91 Å². The number of nitrogens with two attached hydrogens (primary N) is 1. The van der Waals surface area contributed by atoms with Gasteiger partial charge in [0.15, 0.2) is 5.82 Å². The molecule has 0 radical (unpaired) electrons. The first-order valence-corrected chi connectivity index (χ1v) is 10.8. The number of amides is 1. The average molecular weight is 507 g/mol. The molecule has 0 saturated carbocycles. The molecule has 11 heteroatoms. The van der Waals surface area contributed by atoms with E-state index in [-0.39, 0.29) is 32.2 Å². The topological polar surface area (TPSA) is 120 Å². The number of aliphatic hydroxyl groups is 1. The smallest absolute Gasteiger partial charge is 0.457 e. The molecule has 0 aliphatic carbocycles. The van der Waals surface area contributed by atoms with Gasteiger partial charge in [0.25, 0.3) is 0 Å². The van der Waals surface area contributed by atoms with Crippen LogP contribution in [0.15, 0.2) is 54.6 Å². The summed E-state index contributed by atoms with van der Waals surface area (Å²) in [6.07, 6.45) is -2.57. The molecule has 1 aromatic heterocycles. The SMILES string of the molecule is C.NCc1cc(CCO)nc(-c2ccc(Oc3ccc(OC(F)(F)F)cc3)cc2)n1.O=C1CCCN1. The summed E-state index contributed by atoms with van der Waals surface area (Å²) in [6.45, 7) is 1.11. The van der Waals surface area contributed by atoms with E-state index < -0.39 is 6.36 Å². The Bertz CT molecular complexity index is 1100. The average Bonchev–Trinajstić information content (AvgIpc) is 3.31. The minimum Gasteiger partial charge on any atom is -0.457 e. The van der Waals surface area contributed by atoms with E-state index in [9.17, 15) is 18.0 Å². The third kappa shape index (κ3) is 9.16. The van der Waals surface area contributed by atoms with E-state index in [0.29, 0.717) is 35.1 Å². The van der Waals surface area contributed by atoms with Crippen LogP contribution in [0.1, 0.15) is 31.7 Å². The Morgan fingerprint density at radius 1 is 0.972 bits per heavy atom. The lowest BCUT2D eigenvalue weighted by Crippen LogP contribution is -2.16. The molecule has 2 heterocycles. The monoisotopic (exact) mass is 506 g/mol. The second kappa shape index (κ2) is 13.4. The van der Waals surface area contributed by atoms with Gasteiger partial charge in [-0.2, -0.15) is 0 Å². The molecule has 1 saturated heterocycles. The predicted molar refractivity (Wildman–Crippen MR) is 128 cm³/mol. The molecular weight excluding hydrogens is 477 g/mol. The van der Waals surface area contributed by atoms with E-state index in [4.69, 9.17) is 15.6 Å². The van der Waals surface area contributed by atoms with E-state index in [1.165, 1.54) is 24.3 Å². The number of carbonyl (C=O) groups excluding carboxylic acids is 1. The van der Waals surface area contributed by atoms with E-state index in [2.05, 4.69) is 20.0 Å². The van der Waals surface area contributed by atoms with E-state index in [1.54, 1.807) is 30.3 Å². The number of alkyl halides is 3. The predicted octanol–water partition coefficient (Wildman–Crippen LogP) is 4.36. The molecule has 194 valence electrons. The van der Waals surface area contributed by atoms with E-state index >= 15 is 0 Å². The van der Waals surface area contributed by atoms with Crippen LogP contribution in [0.25, 0.3) is 11.4 Å². The molecule has 1 fully saturated rings. The molecule has 0 atom stereocenters. The van der Waals surface area contributed by atoms with Crippen LogP contribution in [0.3, 0.4) is 0 Å². The van der Waals surface area contributed by atoms with Crippen molar-refractivity contribution in [3.8, 4) is 28.6 Å². The van der Waals surface area contributed by atoms with Crippen LogP contribution in [-0.4, -0.2) is 40.5 Å². The molecule has 0 bridgehead atoms. The number of aromatic nitrogens is 2. The van der Waals surface area contributed by atoms with Gasteiger partial charge in [0.05, 0.1) is 5.69 Å². The number of ether oxygens (including phenoxy) is 2. The van der Waals surface area contributed by atoms with Crippen LogP contribution in [0.4, 0.5) is 13.2 Å². The number of rotatable bonds is 7. The summed E-state index contributed by atoms with van der Waals surface area (Å²) < 4.78 is 46.1. The number of aliphatic hydroxyl groups excluding tert-OH is 1. The highest BCUT2D eigenvalue weighted by atomic mass is 19.4. The molecule has 0 spiro atoms. The normalized spacial score (nSPS) is 12.6. The number of carbonyl (C=O) groups is 1. The van der Waals surface area contributed by atoms with Crippen molar-refractivity contribution in [3.63, 3.8) is 0 Å². The van der Waals surface area contributed by atoms with Gasteiger partial charge in [-0.3, -0.25) is 4.79 Å². The molecule has 2 aromatic carbocycles. The summed E-state index contributed by atoms with van der Waals surface area (Å²) in [5.74, 6) is 1.21. The van der Waals surface area contributed by atoms with Crippen molar-refractivity contribution in [2.45, 2.75) is 39.6 Å². The summed E-state index contributed by atoms with van der Waals surface area (Å²) in [4.78, 5) is 18.9. The molecular formula is C25H29F3N4O4. The van der Waals surface area contributed by atoms with Gasteiger partial charge in [-0.1, -0.05) is 7.43 Å². The fourth-order valence-corrected chi connectivity index (χ4v) is 3.11. The summed E-state index contributed by atoms with van der Waals surface area (Å²) in [5.41, 5.74) is 7.77. The van der Waals surface area contributed by atoms with Gasteiger partial charge in [-0.25, -0.2) is 9.97 Å². The second-order valence-corrected chi connectivity index (χ2v) is 7.45. The van der Waals surface area contributed by atoms with Gasteiger partial charge in [-0.15, -0.1) is 13.2 Å². The lowest BCUT2D eigenvalue weighted by molar-refractivity contribution is -0.274. The van der Waals surface area contributed by atoms with Crippen molar-refractivity contribution in [3.05, 3.63) is 66.0 Å². The summed E-state index contributed by atoms with van der Waals surface area (Å²) in [7, 11) is 0. The third-order valence-corrected chi connectivity index (χ3v) is 4.72. The Labute approximate surface area is 207 Å². The number of hydrogen-bond donors (Lipinski definition) is 3. The van der Waals surface area contributed by atoms with Gasteiger partial charge < -0.3 is 25.6 Å². The zero-order valence-electron chi connectivity index (χ0n) is 18.7. The number of nitrogens with one attached hydrogen (secondary N) is 1. The quantitative estimate of drug-likeness (QED) is 0.436. The maximum atomic E-state index is 12.2. The molecule has 0 unspecified atom stereocenters. The zero-order valence-corrected chi connectivity index (χ0v) is 18.7. The molecule has 36 heavy (non-hydrogen) atoms. The first-order chi connectivity index (χ1) is 16.8. The van der Waals surface area contributed by atoms with Crippen LogP contribution in [-0.2, 0) is 17.8 Å².